The summed E-state index contributed by atoms with van der Waals surface area (Å²) in [4.78, 5) is 2.38. The van der Waals surface area contributed by atoms with Crippen molar-refractivity contribution >= 4 is 0 Å². The van der Waals surface area contributed by atoms with Crippen LogP contribution in [0.5, 0.6) is 5.75 Å². The number of likely N-dealkylation sites (tertiary alicyclic amines) is 1. The second kappa shape index (κ2) is 8.99. The van der Waals surface area contributed by atoms with Crippen molar-refractivity contribution in [3.05, 3.63) is 65.7 Å². The fraction of sp³-hybridized carbons (Fsp3) is 0.613. The van der Waals surface area contributed by atoms with Gasteiger partial charge in [0.25, 0.3) is 0 Å². The highest BCUT2D eigenvalue weighted by molar-refractivity contribution is 5.39. The number of piperidine rings is 1. The van der Waals surface area contributed by atoms with Crippen LogP contribution in [0.15, 0.2) is 54.6 Å². The number of benzene rings is 2. The van der Waals surface area contributed by atoms with Gasteiger partial charge in [-0.1, -0.05) is 49.4 Å². The molecule has 0 amide bonds. The zero-order valence-electron chi connectivity index (χ0n) is 20.8. The van der Waals surface area contributed by atoms with E-state index in [0.717, 1.165) is 43.1 Å². The first-order valence-electron chi connectivity index (χ1n) is 13.7. The predicted molar refractivity (Wildman–Crippen MR) is 137 cm³/mol. The Hall–Kier alpha value is -1.84. The molecule has 1 saturated heterocycles. The summed E-state index contributed by atoms with van der Waals surface area (Å²) in [7, 11) is 0. The van der Waals surface area contributed by atoms with Gasteiger partial charge in [0.1, 0.15) is 18.5 Å². The van der Waals surface area contributed by atoms with Crippen LogP contribution >= 0.6 is 0 Å². The molecule has 4 bridgehead atoms. The van der Waals surface area contributed by atoms with Crippen molar-refractivity contribution in [3.63, 3.8) is 0 Å². The summed E-state index contributed by atoms with van der Waals surface area (Å²) in [5.41, 5.74) is 3.78. The topological polar surface area (TPSA) is 32.7 Å². The molecule has 2 aromatic carbocycles. The maximum Gasteiger partial charge on any atom is 0.119 e. The Kier molecular flexibility index (Phi) is 5.98. The average molecular weight is 460 g/mol. The molecule has 7 rings (SSSR count). The molecule has 0 aromatic heterocycles. The highest BCUT2D eigenvalue weighted by atomic mass is 16.5. The van der Waals surface area contributed by atoms with Crippen LogP contribution in [0.1, 0.15) is 69.4 Å². The summed E-state index contributed by atoms with van der Waals surface area (Å²) in [5, 5.41) is 10.5. The normalized spacial score (nSPS) is 34.3. The first-order chi connectivity index (χ1) is 16.5. The summed E-state index contributed by atoms with van der Waals surface area (Å²) in [5.74, 6) is 3.44. The molecule has 1 aliphatic heterocycles. The molecule has 3 nitrogen and oxygen atoms in total. The van der Waals surface area contributed by atoms with Gasteiger partial charge in [0.05, 0.1) is 0 Å². The van der Waals surface area contributed by atoms with Gasteiger partial charge in [0.2, 0.25) is 0 Å². The highest BCUT2D eigenvalue weighted by Gasteiger charge is 2.58. The lowest BCUT2D eigenvalue weighted by molar-refractivity contribution is -0.0281. The van der Waals surface area contributed by atoms with E-state index >= 15 is 0 Å². The molecular weight excluding hydrogens is 418 g/mol. The Morgan fingerprint density at radius 1 is 0.882 bits per heavy atom. The van der Waals surface area contributed by atoms with E-state index in [1.807, 2.05) is 0 Å². The Morgan fingerprint density at radius 2 is 1.47 bits per heavy atom. The van der Waals surface area contributed by atoms with Crippen LogP contribution in [-0.4, -0.2) is 42.4 Å². The molecule has 3 heteroatoms. The van der Waals surface area contributed by atoms with E-state index in [0.29, 0.717) is 17.4 Å². The molecule has 1 N–H and O–H groups in total. The van der Waals surface area contributed by atoms with Crippen LogP contribution in [0.25, 0.3) is 0 Å². The van der Waals surface area contributed by atoms with Crippen LogP contribution in [-0.2, 0) is 10.8 Å². The van der Waals surface area contributed by atoms with Crippen molar-refractivity contribution in [2.45, 2.75) is 75.2 Å². The Balaban J connectivity index is 1.12. The zero-order valence-corrected chi connectivity index (χ0v) is 20.8. The molecule has 0 spiro atoms. The van der Waals surface area contributed by atoms with Crippen molar-refractivity contribution < 1.29 is 9.84 Å². The molecule has 4 saturated carbocycles. The number of hydrogen-bond acceptors (Lipinski definition) is 3. The minimum absolute atomic E-state index is 0.323. The Morgan fingerprint density at radius 3 is 2.09 bits per heavy atom. The first kappa shape index (κ1) is 22.6. The van der Waals surface area contributed by atoms with Gasteiger partial charge in [0.15, 0.2) is 0 Å². The lowest BCUT2D eigenvalue weighted by Crippen LogP contribution is -2.55. The summed E-state index contributed by atoms with van der Waals surface area (Å²) in [6.45, 7) is 5.62. The molecule has 34 heavy (non-hydrogen) atoms. The summed E-state index contributed by atoms with van der Waals surface area (Å²) >= 11 is 0. The number of rotatable bonds is 7. The largest absolute Gasteiger partial charge is 0.491 e. The van der Waals surface area contributed by atoms with Gasteiger partial charge in [-0.25, -0.2) is 0 Å². The van der Waals surface area contributed by atoms with Crippen molar-refractivity contribution in [2.75, 3.05) is 26.2 Å². The zero-order chi connectivity index (χ0) is 23.2. The third-order valence-electron chi connectivity index (χ3n) is 9.70. The fourth-order valence-electron chi connectivity index (χ4n) is 8.42. The Labute approximate surface area is 205 Å². The van der Waals surface area contributed by atoms with Gasteiger partial charge in [0, 0.05) is 6.54 Å². The van der Waals surface area contributed by atoms with E-state index in [-0.39, 0.29) is 0 Å². The number of aliphatic hydroxyl groups excluding tert-OH is 1. The molecule has 4 aliphatic carbocycles. The van der Waals surface area contributed by atoms with Gasteiger partial charge in [-0.2, -0.15) is 0 Å². The van der Waals surface area contributed by atoms with E-state index in [1.54, 1.807) is 5.56 Å². The van der Waals surface area contributed by atoms with Crippen LogP contribution in [0.2, 0.25) is 0 Å². The van der Waals surface area contributed by atoms with Gasteiger partial charge in [-0.3, -0.25) is 0 Å². The number of hydrogen-bond donors (Lipinski definition) is 1. The van der Waals surface area contributed by atoms with Gasteiger partial charge < -0.3 is 14.7 Å². The van der Waals surface area contributed by atoms with E-state index in [9.17, 15) is 5.11 Å². The van der Waals surface area contributed by atoms with Crippen molar-refractivity contribution in [2.24, 2.45) is 17.8 Å². The molecule has 2 aromatic rings. The van der Waals surface area contributed by atoms with E-state index in [4.69, 9.17) is 4.74 Å². The molecule has 182 valence electrons. The van der Waals surface area contributed by atoms with Crippen LogP contribution in [0, 0.1) is 17.8 Å². The molecule has 2 unspecified atom stereocenters. The first-order valence-corrected chi connectivity index (χ1v) is 13.7. The average Bonchev–Trinajstić information content (AvgIpc) is 2.84. The van der Waals surface area contributed by atoms with Crippen LogP contribution < -0.4 is 4.74 Å². The van der Waals surface area contributed by atoms with Crippen LogP contribution in [0.3, 0.4) is 0 Å². The molecule has 3 atom stereocenters. The number of nitrogens with zero attached hydrogens (tertiary/aromatic N) is 1. The number of ether oxygens (including phenoxy) is 1. The predicted octanol–water partition coefficient (Wildman–Crippen LogP) is 5.95. The third-order valence-corrected chi connectivity index (χ3v) is 9.70. The second-order valence-corrected chi connectivity index (χ2v) is 12.4. The van der Waals surface area contributed by atoms with Crippen molar-refractivity contribution in [1.29, 1.82) is 0 Å². The molecule has 0 radical (unpaired) electrons. The van der Waals surface area contributed by atoms with Crippen molar-refractivity contribution in [1.82, 2.24) is 4.90 Å². The Bertz CT molecular complexity index is 949. The molecule has 5 aliphatic rings. The summed E-state index contributed by atoms with van der Waals surface area (Å²) < 4.78 is 6.02. The summed E-state index contributed by atoms with van der Waals surface area (Å²) in [6, 6.07) is 20.3. The molecular formula is C31H41NO2. The van der Waals surface area contributed by atoms with Crippen LogP contribution in [0.4, 0.5) is 0 Å². The van der Waals surface area contributed by atoms with Gasteiger partial charge in [-0.05, 0) is 116 Å². The smallest absolute Gasteiger partial charge is 0.119 e. The summed E-state index contributed by atoms with van der Waals surface area (Å²) in [6.07, 6.45) is 10.2. The SMILES string of the molecule is CC1CCN(C[C@H](O)COc2ccc(C34CC5CC(CC(c6ccccc6)(C5)C3)C4)cc2)CC1. The third kappa shape index (κ3) is 4.31. The maximum absolute atomic E-state index is 10.5. The highest BCUT2D eigenvalue weighted by Crippen LogP contribution is 2.66. The maximum atomic E-state index is 10.5. The van der Waals surface area contributed by atoms with Crippen molar-refractivity contribution in [3.8, 4) is 5.75 Å². The fourth-order valence-corrected chi connectivity index (χ4v) is 8.42. The second-order valence-electron chi connectivity index (χ2n) is 12.4. The number of aliphatic hydroxyl groups is 1. The van der Waals surface area contributed by atoms with E-state index in [2.05, 4.69) is 66.4 Å². The van der Waals surface area contributed by atoms with Gasteiger partial charge >= 0.3 is 0 Å². The lowest BCUT2D eigenvalue weighted by Gasteiger charge is -2.62. The minimum atomic E-state index is -0.429. The van der Waals surface area contributed by atoms with E-state index < -0.39 is 6.10 Å². The molecule has 5 fully saturated rings. The lowest BCUT2D eigenvalue weighted by atomic mass is 9.42. The monoisotopic (exact) mass is 459 g/mol. The molecule has 1 heterocycles. The van der Waals surface area contributed by atoms with Gasteiger partial charge in [-0.15, -0.1) is 0 Å². The standard InChI is InChI=1S/C31H41NO2/c1-23-11-13-32(14-12-23)20-28(33)21-34-29-9-7-27(8-10-29)31-18-24-15-25(19-31)17-30(16-24,22-31)26-5-3-2-4-6-26/h2-10,23-25,28,33H,11-22H2,1H3/t24?,25?,28-,30?,31?/m0/s1. The number of β-amino-alcohol motifs (C(OH)–C–C–N with tert-alkyl or cyclic N) is 1. The minimum Gasteiger partial charge on any atom is -0.491 e. The quantitative estimate of drug-likeness (QED) is 0.555. The van der Waals surface area contributed by atoms with E-state index in [1.165, 1.54) is 56.9 Å².